The molecule has 166 valence electrons. The van der Waals surface area contributed by atoms with Crippen LogP contribution in [0.15, 0.2) is 41.4 Å². The Bertz CT molecular complexity index is 1300. The average molecular weight is 432 g/mol. The lowest BCUT2D eigenvalue weighted by molar-refractivity contribution is -0.117. The van der Waals surface area contributed by atoms with E-state index in [4.69, 9.17) is 0 Å². The van der Waals surface area contributed by atoms with Crippen LogP contribution in [-0.2, 0) is 4.79 Å². The van der Waals surface area contributed by atoms with Crippen LogP contribution in [0.1, 0.15) is 65.6 Å². The zero-order chi connectivity index (χ0) is 23.6. The fourth-order valence-corrected chi connectivity index (χ4v) is 3.70. The lowest BCUT2D eigenvalue weighted by Gasteiger charge is -2.16. The number of aliphatic hydroxyl groups excluding tert-OH is 1. The Hall–Kier alpha value is -3.66. The van der Waals surface area contributed by atoms with Crippen molar-refractivity contribution in [2.45, 2.75) is 54.4 Å². The molecule has 1 saturated carbocycles. The molecule has 1 fully saturated rings. The molecule has 1 aliphatic carbocycles. The highest BCUT2D eigenvalue weighted by Gasteiger charge is 2.30. The first-order chi connectivity index (χ1) is 15.3. The van der Waals surface area contributed by atoms with Crippen molar-refractivity contribution in [1.82, 2.24) is 14.4 Å². The van der Waals surface area contributed by atoms with E-state index in [1.54, 1.807) is 23.6 Å². The molecule has 0 saturated heterocycles. The van der Waals surface area contributed by atoms with Gasteiger partial charge in [0.25, 0.3) is 0 Å². The first-order valence-corrected chi connectivity index (χ1v) is 10.9. The number of nitrogens with one attached hydrogen (secondary N) is 1. The van der Waals surface area contributed by atoms with Crippen molar-refractivity contribution in [2.75, 3.05) is 5.32 Å². The van der Waals surface area contributed by atoms with Gasteiger partial charge in [0.2, 0.25) is 5.91 Å². The van der Waals surface area contributed by atoms with Gasteiger partial charge < -0.3 is 10.4 Å². The number of hydrogen-bond donors (Lipinski definition) is 2. The monoisotopic (exact) mass is 431 g/mol. The van der Waals surface area contributed by atoms with E-state index < -0.39 is 0 Å². The second-order valence-electron chi connectivity index (χ2n) is 7.95. The lowest BCUT2D eigenvalue weighted by Crippen LogP contribution is -2.14. The summed E-state index contributed by atoms with van der Waals surface area (Å²) < 4.78 is 1.78. The number of nitrogens with zero attached hydrogens (tertiary/aromatic N) is 4. The van der Waals surface area contributed by atoms with Gasteiger partial charge >= 0.3 is 0 Å². The number of fused-ring (bicyclic) bond motifs is 3. The van der Waals surface area contributed by atoms with Gasteiger partial charge in [-0.1, -0.05) is 19.4 Å². The molecule has 0 radical (unpaired) electrons. The molecule has 0 spiro atoms. The summed E-state index contributed by atoms with van der Waals surface area (Å²) in [6.07, 6.45) is 5.05. The number of carbonyl (C=O) groups is 1. The quantitative estimate of drug-likeness (QED) is 0.403. The number of aromatic nitrogens is 3. The standard InChI is InChI=1S/C23H23N5O2.C2H6/c1-12(2)21(13(3)14(4)29)18-7-16-10-25-20(27-23(30)15-5-6-15)8-19(16)28-17(9-24)11-26-22(18)28;1-2/h7-8,10-11,15,29H,5-6H2,1-4H3,(H,25,27,30);1-2H3/b14-13+;. The van der Waals surface area contributed by atoms with Crippen LogP contribution in [0.5, 0.6) is 0 Å². The van der Waals surface area contributed by atoms with Crippen LogP contribution in [0.25, 0.3) is 22.1 Å². The summed E-state index contributed by atoms with van der Waals surface area (Å²) in [5, 5.41) is 23.4. The van der Waals surface area contributed by atoms with Crippen molar-refractivity contribution in [1.29, 1.82) is 5.26 Å². The molecule has 0 aromatic carbocycles. The Morgan fingerprint density at radius 1 is 1.16 bits per heavy atom. The minimum absolute atomic E-state index is 0.0214. The second kappa shape index (κ2) is 9.23. The SMILES string of the molecule is CC.CC(C)=C(/C(C)=C(\C)O)c1cc2cnc(NC(=O)C3CC3)cc2n2c(C#N)cnc12. The van der Waals surface area contributed by atoms with Gasteiger partial charge in [-0.2, -0.15) is 5.26 Å². The number of aliphatic hydroxyl groups is 1. The summed E-state index contributed by atoms with van der Waals surface area (Å²) >= 11 is 0. The number of carbonyl (C=O) groups excluding carboxylic acids is 1. The molecule has 0 unspecified atom stereocenters. The molecule has 3 aromatic heterocycles. The molecular formula is C25H29N5O2. The smallest absolute Gasteiger partial charge is 0.228 e. The highest BCUT2D eigenvalue weighted by molar-refractivity contribution is 5.97. The predicted octanol–water partition coefficient (Wildman–Crippen LogP) is 5.77. The van der Waals surface area contributed by atoms with Crippen LogP contribution >= 0.6 is 0 Å². The molecule has 3 heterocycles. The maximum Gasteiger partial charge on any atom is 0.228 e. The van der Waals surface area contributed by atoms with Crippen LogP contribution in [0.3, 0.4) is 0 Å². The maximum atomic E-state index is 12.1. The Labute approximate surface area is 188 Å². The van der Waals surface area contributed by atoms with Crippen LogP contribution in [0.4, 0.5) is 5.82 Å². The molecule has 4 rings (SSSR count). The van der Waals surface area contributed by atoms with Gasteiger partial charge in [-0.15, -0.1) is 0 Å². The molecule has 0 bridgehead atoms. The predicted molar refractivity (Wildman–Crippen MR) is 127 cm³/mol. The molecule has 32 heavy (non-hydrogen) atoms. The van der Waals surface area contributed by atoms with E-state index in [0.29, 0.717) is 17.2 Å². The molecule has 1 amide bonds. The fourth-order valence-electron chi connectivity index (χ4n) is 3.70. The van der Waals surface area contributed by atoms with E-state index in [0.717, 1.165) is 46.0 Å². The summed E-state index contributed by atoms with van der Waals surface area (Å²) in [6, 6.07) is 5.93. The van der Waals surface area contributed by atoms with Gasteiger partial charge in [0.1, 0.15) is 23.2 Å². The number of rotatable bonds is 4. The van der Waals surface area contributed by atoms with Crippen molar-refractivity contribution in [3.05, 3.63) is 52.7 Å². The van der Waals surface area contributed by atoms with E-state index >= 15 is 0 Å². The van der Waals surface area contributed by atoms with E-state index in [1.165, 1.54) is 6.20 Å². The largest absolute Gasteiger partial charge is 0.512 e. The molecule has 3 aromatic rings. The van der Waals surface area contributed by atoms with E-state index in [-0.39, 0.29) is 17.6 Å². The van der Waals surface area contributed by atoms with Crippen molar-refractivity contribution in [3.8, 4) is 6.07 Å². The van der Waals surface area contributed by atoms with Crippen LogP contribution in [0, 0.1) is 17.2 Å². The normalized spacial score (nSPS) is 13.7. The van der Waals surface area contributed by atoms with Crippen molar-refractivity contribution in [2.24, 2.45) is 5.92 Å². The Kier molecular flexibility index (Phi) is 6.64. The first-order valence-electron chi connectivity index (χ1n) is 10.9. The van der Waals surface area contributed by atoms with Gasteiger partial charge in [0, 0.05) is 29.1 Å². The van der Waals surface area contributed by atoms with Crippen molar-refractivity contribution >= 4 is 33.8 Å². The van der Waals surface area contributed by atoms with E-state index in [9.17, 15) is 15.2 Å². The van der Waals surface area contributed by atoms with Gasteiger partial charge in [-0.25, -0.2) is 9.97 Å². The Balaban J connectivity index is 0.00000141. The van der Waals surface area contributed by atoms with Crippen LogP contribution in [0.2, 0.25) is 0 Å². The van der Waals surface area contributed by atoms with E-state index in [1.807, 2.05) is 40.7 Å². The zero-order valence-electron chi connectivity index (χ0n) is 19.4. The minimum Gasteiger partial charge on any atom is -0.512 e. The number of amides is 1. The van der Waals surface area contributed by atoms with Gasteiger partial charge in [0.05, 0.1) is 17.5 Å². The number of pyridine rings is 2. The Morgan fingerprint density at radius 3 is 2.41 bits per heavy atom. The van der Waals surface area contributed by atoms with E-state index in [2.05, 4.69) is 21.4 Å². The van der Waals surface area contributed by atoms with Crippen LogP contribution < -0.4 is 5.32 Å². The van der Waals surface area contributed by atoms with Gasteiger partial charge in [-0.05, 0) is 57.7 Å². The second-order valence-corrected chi connectivity index (χ2v) is 7.95. The molecule has 0 aliphatic heterocycles. The topological polar surface area (TPSA) is 103 Å². The molecular weight excluding hydrogens is 402 g/mol. The minimum atomic E-state index is -0.0214. The van der Waals surface area contributed by atoms with Crippen molar-refractivity contribution < 1.29 is 9.90 Å². The molecule has 7 nitrogen and oxygen atoms in total. The number of nitriles is 1. The summed E-state index contributed by atoms with van der Waals surface area (Å²) in [5.74, 6) is 0.736. The number of allylic oxidation sites excluding steroid dienone is 4. The summed E-state index contributed by atoms with van der Waals surface area (Å²) in [7, 11) is 0. The average Bonchev–Trinajstić information content (AvgIpc) is 3.54. The number of hydrogen-bond acceptors (Lipinski definition) is 5. The third-order valence-corrected chi connectivity index (χ3v) is 5.46. The zero-order valence-corrected chi connectivity index (χ0v) is 19.4. The maximum absolute atomic E-state index is 12.1. The first kappa shape index (κ1) is 23.0. The fraction of sp³-hybridized carbons (Fsp3) is 0.360. The molecule has 0 atom stereocenters. The van der Waals surface area contributed by atoms with Gasteiger partial charge in [-0.3, -0.25) is 9.20 Å². The van der Waals surface area contributed by atoms with Gasteiger partial charge in [0.15, 0.2) is 0 Å². The Morgan fingerprint density at radius 2 is 1.84 bits per heavy atom. The summed E-state index contributed by atoms with van der Waals surface area (Å²) in [4.78, 5) is 21.1. The number of imidazole rings is 1. The summed E-state index contributed by atoms with van der Waals surface area (Å²) in [6.45, 7) is 11.5. The number of anilines is 1. The highest BCUT2D eigenvalue weighted by Crippen LogP contribution is 2.35. The summed E-state index contributed by atoms with van der Waals surface area (Å²) in [5.41, 5.74) is 5.19. The highest BCUT2D eigenvalue weighted by atomic mass is 16.3. The third kappa shape index (κ3) is 4.22. The lowest BCUT2D eigenvalue weighted by atomic mass is 9.94. The third-order valence-electron chi connectivity index (χ3n) is 5.46. The molecule has 1 aliphatic rings. The molecule has 7 heteroatoms. The van der Waals surface area contributed by atoms with Crippen LogP contribution in [-0.4, -0.2) is 25.4 Å². The molecule has 2 N–H and O–H groups in total. The van der Waals surface area contributed by atoms with Crippen molar-refractivity contribution in [3.63, 3.8) is 0 Å².